The van der Waals surface area contributed by atoms with E-state index in [4.69, 9.17) is 0 Å². The van der Waals surface area contributed by atoms with Crippen LogP contribution in [0.5, 0.6) is 0 Å². The van der Waals surface area contributed by atoms with Crippen LogP contribution in [0.1, 0.15) is 18.8 Å². The third kappa shape index (κ3) is 3.43. The van der Waals surface area contributed by atoms with Crippen LogP contribution < -0.4 is 5.32 Å². The fourth-order valence-electron chi connectivity index (χ4n) is 1.91. The number of nitrogens with zero attached hydrogens (tertiary/aromatic N) is 2. The number of nitrogens with one attached hydrogen (secondary N) is 2. The lowest BCUT2D eigenvalue weighted by molar-refractivity contribution is -0.119. The molecule has 3 aromatic rings. The van der Waals surface area contributed by atoms with E-state index in [9.17, 15) is 4.79 Å². The van der Waals surface area contributed by atoms with E-state index < -0.39 is 0 Å². The van der Waals surface area contributed by atoms with E-state index >= 15 is 0 Å². The molecule has 0 saturated heterocycles. The molecule has 0 aliphatic rings. The van der Waals surface area contributed by atoms with E-state index in [2.05, 4.69) is 20.3 Å². The lowest BCUT2D eigenvalue weighted by Crippen LogP contribution is -2.28. The number of carbonyl (C=O) groups excluding carboxylic acids is 1. The molecule has 0 radical (unpaired) electrons. The normalized spacial score (nSPS) is 12.4. The standard InChI is InChI=1S/C14H14N4OS2/c1-9(13-15-6-7-16-13)17-12(19)8-20-14-18-10-4-2-3-5-11(10)21-14/h2-7,9H,8H2,1H3,(H,15,16)(H,17,19). The smallest absolute Gasteiger partial charge is 0.231 e. The molecule has 1 aromatic carbocycles. The van der Waals surface area contributed by atoms with Crippen LogP contribution in [0.25, 0.3) is 10.2 Å². The highest BCUT2D eigenvalue weighted by Gasteiger charge is 2.12. The summed E-state index contributed by atoms with van der Waals surface area (Å²) in [5.74, 6) is 1.08. The van der Waals surface area contributed by atoms with E-state index in [-0.39, 0.29) is 11.9 Å². The second-order valence-corrected chi connectivity index (χ2v) is 6.75. The van der Waals surface area contributed by atoms with Gasteiger partial charge < -0.3 is 10.3 Å². The number of thiazole rings is 1. The molecule has 0 bridgehead atoms. The zero-order chi connectivity index (χ0) is 14.7. The van der Waals surface area contributed by atoms with E-state index in [1.165, 1.54) is 11.8 Å². The predicted molar refractivity (Wildman–Crippen MR) is 85.5 cm³/mol. The Labute approximate surface area is 130 Å². The van der Waals surface area contributed by atoms with Gasteiger partial charge in [0, 0.05) is 12.4 Å². The molecule has 2 N–H and O–H groups in total. The van der Waals surface area contributed by atoms with Gasteiger partial charge in [-0.05, 0) is 19.1 Å². The lowest BCUT2D eigenvalue weighted by atomic mass is 10.3. The van der Waals surface area contributed by atoms with Crippen molar-refractivity contribution in [3.8, 4) is 0 Å². The zero-order valence-electron chi connectivity index (χ0n) is 11.4. The number of hydrogen-bond donors (Lipinski definition) is 2. The van der Waals surface area contributed by atoms with Crippen molar-refractivity contribution in [3.63, 3.8) is 0 Å². The molecule has 3 rings (SSSR count). The Hall–Kier alpha value is -1.86. The van der Waals surface area contributed by atoms with Crippen molar-refractivity contribution in [2.75, 3.05) is 5.75 Å². The summed E-state index contributed by atoms with van der Waals surface area (Å²) >= 11 is 3.07. The minimum absolute atomic E-state index is 0.0249. The molecular weight excluding hydrogens is 304 g/mol. The first-order valence-electron chi connectivity index (χ1n) is 6.49. The Balaban J connectivity index is 1.56. The van der Waals surface area contributed by atoms with Crippen LogP contribution in [-0.4, -0.2) is 26.6 Å². The molecule has 1 unspecified atom stereocenters. The molecule has 0 spiro atoms. The molecule has 1 atom stereocenters. The van der Waals surface area contributed by atoms with Crippen molar-refractivity contribution in [1.82, 2.24) is 20.3 Å². The van der Waals surface area contributed by atoms with Crippen molar-refractivity contribution >= 4 is 39.2 Å². The van der Waals surface area contributed by atoms with Gasteiger partial charge >= 0.3 is 0 Å². The first-order chi connectivity index (χ1) is 10.2. The first-order valence-corrected chi connectivity index (χ1v) is 8.29. The van der Waals surface area contributed by atoms with Crippen LogP contribution in [0, 0.1) is 0 Å². The number of rotatable bonds is 5. The molecule has 0 aliphatic heterocycles. The number of carbonyl (C=O) groups is 1. The number of benzene rings is 1. The molecule has 7 heteroatoms. The highest BCUT2D eigenvalue weighted by Crippen LogP contribution is 2.29. The molecule has 0 saturated carbocycles. The molecule has 21 heavy (non-hydrogen) atoms. The molecular formula is C14H14N4OS2. The van der Waals surface area contributed by atoms with Gasteiger partial charge in [-0.1, -0.05) is 23.9 Å². The number of para-hydroxylation sites is 1. The maximum Gasteiger partial charge on any atom is 0.231 e. The van der Waals surface area contributed by atoms with Crippen LogP contribution in [0.2, 0.25) is 0 Å². The van der Waals surface area contributed by atoms with Gasteiger partial charge in [0.2, 0.25) is 5.91 Å². The summed E-state index contributed by atoms with van der Waals surface area (Å²) in [4.78, 5) is 23.6. The van der Waals surface area contributed by atoms with Crippen LogP contribution in [0.4, 0.5) is 0 Å². The van der Waals surface area contributed by atoms with Crippen molar-refractivity contribution in [1.29, 1.82) is 0 Å². The van der Waals surface area contributed by atoms with Crippen LogP contribution in [0.3, 0.4) is 0 Å². The van der Waals surface area contributed by atoms with Crippen molar-refractivity contribution < 1.29 is 4.79 Å². The largest absolute Gasteiger partial charge is 0.347 e. The fraction of sp³-hybridized carbons (Fsp3) is 0.214. The minimum Gasteiger partial charge on any atom is -0.347 e. The number of aromatic nitrogens is 3. The Bertz CT molecular complexity index is 705. The van der Waals surface area contributed by atoms with E-state index in [1.54, 1.807) is 23.7 Å². The number of imidazole rings is 1. The fourth-order valence-corrected chi connectivity index (χ4v) is 3.79. The van der Waals surface area contributed by atoms with E-state index in [0.29, 0.717) is 5.75 Å². The van der Waals surface area contributed by atoms with Crippen LogP contribution in [0.15, 0.2) is 41.0 Å². The Kier molecular flexibility index (Phi) is 4.21. The lowest BCUT2D eigenvalue weighted by Gasteiger charge is -2.10. The van der Waals surface area contributed by atoms with Gasteiger partial charge in [0.15, 0.2) is 4.34 Å². The van der Waals surface area contributed by atoms with Crippen molar-refractivity contribution in [2.45, 2.75) is 17.3 Å². The summed E-state index contributed by atoms with van der Waals surface area (Å²) in [6, 6.07) is 7.86. The summed E-state index contributed by atoms with van der Waals surface area (Å²) in [6.07, 6.45) is 3.42. The van der Waals surface area contributed by atoms with Gasteiger partial charge in [0.05, 0.1) is 22.0 Å². The molecule has 5 nitrogen and oxygen atoms in total. The highest BCUT2D eigenvalue weighted by atomic mass is 32.2. The number of aromatic amines is 1. The average molecular weight is 318 g/mol. The molecule has 2 aromatic heterocycles. The maximum absolute atomic E-state index is 11.9. The van der Waals surface area contributed by atoms with Crippen LogP contribution in [-0.2, 0) is 4.79 Å². The molecule has 2 heterocycles. The second-order valence-electron chi connectivity index (χ2n) is 4.50. The van der Waals surface area contributed by atoms with Gasteiger partial charge in [-0.15, -0.1) is 11.3 Å². The maximum atomic E-state index is 11.9. The quantitative estimate of drug-likeness (QED) is 0.710. The van der Waals surface area contributed by atoms with Crippen LogP contribution >= 0.6 is 23.1 Å². The summed E-state index contributed by atoms with van der Waals surface area (Å²) in [7, 11) is 0. The monoisotopic (exact) mass is 318 g/mol. The topological polar surface area (TPSA) is 70.7 Å². The van der Waals surface area contributed by atoms with Gasteiger partial charge in [0.25, 0.3) is 0 Å². The van der Waals surface area contributed by atoms with Gasteiger partial charge in [-0.3, -0.25) is 4.79 Å². The molecule has 1 amide bonds. The average Bonchev–Trinajstić information content (AvgIpc) is 3.14. The Morgan fingerprint density at radius 2 is 2.33 bits per heavy atom. The summed E-state index contributed by atoms with van der Waals surface area (Å²) in [5, 5.41) is 2.91. The summed E-state index contributed by atoms with van der Waals surface area (Å²) in [6.45, 7) is 1.90. The van der Waals surface area contributed by atoms with Gasteiger partial charge in [-0.2, -0.15) is 0 Å². The van der Waals surface area contributed by atoms with Gasteiger partial charge in [-0.25, -0.2) is 9.97 Å². The van der Waals surface area contributed by atoms with Crippen molar-refractivity contribution in [2.24, 2.45) is 0 Å². The third-order valence-corrected chi connectivity index (χ3v) is 5.09. The number of hydrogen-bond acceptors (Lipinski definition) is 5. The number of thioether (sulfide) groups is 1. The number of fused-ring (bicyclic) bond motifs is 1. The number of H-pyrrole nitrogens is 1. The van der Waals surface area contributed by atoms with Gasteiger partial charge in [0.1, 0.15) is 5.82 Å². The summed E-state index contributed by atoms with van der Waals surface area (Å²) < 4.78 is 2.06. The van der Waals surface area contributed by atoms with E-state index in [1.807, 2.05) is 31.2 Å². The third-order valence-electron chi connectivity index (χ3n) is 2.91. The predicted octanol–water partition coefficient (Wildman–Crippen LogP) is 2.99. The van der Waals surface area contributed by atoms with E-state index in [0.717, 1.165) is 20.4 Å². The number of amides is 1. The SMILES string of the molecule is CC(NC(=O)CSc1nc2ccccc2s1)c1ncc[nH]1. The molecule has 0 fully saturated rings. The second kappa shape index (κ2) is 6.28. The summed E-state index contributed by atoms with van der Waals surface area (Å²) in [5.41, 5.74) is 0.981. The highest BCUT2D eigenvalue weighted by molar-refractivity contribution is 8.01. The molecule has 0 aliphatic carbocycles. The van der Waals surface area contributed by atoms with Crippen molar-refractivity contribution in [3.05, 3.63) is 42.5 Å². The zero-order valence-corrected chi connectivity index (χ0v) is 13.0. The Morgan fingerprint density at radius 1 is 1.48 bits per heavy atom. The molecule has 108 valence electrons. The Morgan fingerprint density at radius 3 is 3.10 bits per heavy atom. The minimum atomic E-state index is -0.122. The first kappa shape index (κ1) is 14.1.